The molecule has 0 saturated carbocycles. The van der Waals surface area contributed by atoms with Crippen LogP contribution in [0.2, 0.25) is 0 Å². The van der Waals surface area contributed by atoms with Gasteiger partial charge in [-0.05, 0) is 6.42 Å². The predicted octanol–water partition coefficient (Wildman–Crippen LogP) is 1.75. The van der Waals surface area contributed by atoms with Crippen LogP contribution in [0.3, 0.4) is 0 Å². The van der Waals surface area contributed by atoms with Gasteiger partial charge in [-0.15, -0.1) is 0 Å². The molecule has 0 radical (unpaired) electrons. The topological polar surface area (TPSA) is 44.1 Å². The summed E-state index contributed by atoms with van der Waals surface area (Å²) in [5, 5.41) is 8.81. The Kier molecular flexibility index (Phi) is 18.6. The number of halogens is 1. The van der Waals surface area contributed by atoms with Crippen LogP contribution in [0.25, 0.3) is 0 Å². The highest BCUT2D eigenvalue weighted by molar-refractivity contribution is 5.76. The van der Waals surface area contributed by atoms with Gasteiger partial charge in [0.2, 0.25) is 5.91 Å². The molecule has 0 aromatic rings. The molecule has 0 aromatic heterocycles. The van der Waals surface area contributed by atoms with Gasteiger partial charge in [0.1, 0.15) is 0 Å². The number of carbonyl (C=O) groups is 1. The van der Waals surface area contributed by atoms with Gasteiger partial charge in [0.25, 0.3) is 0 Å². The van der Waals surface area contributed by atoms with Crippen molar-refractivity contribution in [2.24, 2.45) is 0 Å². The summed E-state index contributed by atoms with van der Waals surface area (Å²) in [6.07, 6.45) is 13.5. The molecule has 0 aromatic carbocycles. The molecule has 0 aliphatic heterocycles. The second-order valence-electron chi connectivity index (χ2n) is 8.23. The van der Waals surface area contributed by atoms with Crippen molar-refractivity contribution in [2.45, 2.75) is 84.0 Å². The molecular weight excluding hydrogens is 346 g/mol. The normalized spacial score (nSPS) is 10.9. The maximum absolute atomic E-state index is 12.4. The highest BCUT2D eigenvalue weighted by atomic mass is 35.5. The summed E-state index contributed by atoms with van der Waals surface area (Å²) in [4.78, 5) is 14.3. The summed E-state index contributed by atoms with van der Waals surface area (Å²) in [7, 11) is 6.51. The highest BCUT2D eigenvalue weighted by Crippen LogP contribution is 2.11. The number of quaternary nitrogens is 1. The van der Waals surface area contributed by atoms with Crippen molar-refractivity contribution in [3.8, 4) is 6.07 Å². The maximum Gasteiger partial charge on any atom is 0.222 e. The largest absolute Gasteiger partial charge is 1.00 e. The van der Waals surface area contributed by atoms with Gasteiger partial charge >= 0.3 is 0 Å². The summed E-state index contributed by atoms with van der Waals surface area (Å²) in [5.74, 6) is 0.236. The lowest BCUT2D eigenvalue weighted by atomic mass is 10.1. The van der Waals surface area contributed by atoms with E-state index in [1.54, 1.807) is 0 Å². The molecule has 154 valence electrons. The zero-order chi connectivity index (χ0) is 19.0. The fourth-order valence-electron chi connectivity index (χ4n) is 3.03. The third-order valence-electron chi connectivity index (χ3n) is 4.60. The standard InChI is InChI=1S/C21H42N3O.ClH/c1-5-6-7-8-9-10-11-12-13-16-21(25)23(18-14-17-22)19-15-20-24(2,3)4;/h5-16,18-20H2,1-4H3;1H/q+1;/p-1. The van der Waals surface area contributed by atoms with Crippen LogP contribution in [0.5, 0.6) is 0 Å². The summed E-state index contributed by atoms with van der Waals surface area (Å²) in [5.41, 5.74) is 0. The maximum atomic E-state index is 12.4. The van der Waals surface area contributed by atoms with E-state index >= 15 is 0 Å². The first-order valence-corrected chi connectivity index (χ1v) is 10.4. The summed E-state index contributed by atoms with van der Waals surface area (Å²) >= 11 is 0. The van der Waals surface area contributed by atoms with E-state index < -0.39 is 0 Å². The number of amides is 1. The van der Waals surface area contributed by atoms with Crippen molar-refractivity contribution in [3.63, 3.8) is 0 Å². The molecule has 0 unspecified atom stereocenters. The smallest absolute Gasteiger partial charge is 0.222 e. The van der Waals surface area contributed by atoms with Crippen LogP contribution in [0, 0.1) is 11.3 Å². The van der Waals surface area contributed by atoms with E-state index in [-0.39, 0.29) is 18.3 Å². The van der Waals surface area contributed by atoms with Crippen LogP contribution >= 0.6 is 0 Å². The molecule has 0 heterocycles. The molecule has 0 N–H and O–H groups in total. The first kappa shape index (κ1) is 27.4. The Morgan fingerprint density at radius 2 is 1.42 bits per heavy atom. The number of nitriles is 1. The molecule has 0 atom stereocenters. The molecule has 0 fully saturated rings. The van der Waals surface area contributed by atoms with Gasteiger partial charge in [-0.25, -0.2) is 0 Å². The molecule has 0 spiro atoms. The van der Waals surface area contributed by atoms with Gasteiger partial charge in [0.05, 0.1) is 40.2 Å². The molecule has 26 heavy (non-hydrogen) atoms. The molecule has 1 amide bonds. The number of rotatable bonds is 16. The monoisotopic (exact) mass is 387 g/mol. The lowest BCUT2D eigenvalue weighted by Gasteiger charge is -2.27. The molecule has 0 saturated heterocycles. The molecule has 4 nitrogen and oxygen atoms in total. The zero-order valence-electron chi connectivity index (χ0n) is 17.7. The average Bonchev–Trinajstić information content (AvgIpc) is 2.55. The Morgan fingerprint density at radius 3 is 1.92 bits per heavy atom. The van der Waals surface area contributed by atoms with Crippen molar-refractivity contribution in [1.29, 1.82) is 5.26 Å². The van der Waals surface area contributed by atoms with Crippen LogP contribution in [0.15, 0.2) is 0 Å². The van der Waals surface area contributed by atoms with Crippen LogP contribution in [-0.4, -0.2) is 56.1 Å². The Hall–Kier alpha value is -0.790. The molecule has 0 aliphatic rings. The van der Waals surface area contributed by atoms with Crippen molar-refractivity contribution in [2.75, 3.05) is 40.8 Å². The van der Waals surface area contributed by atoms with Gasteiger partial charge in [0.15, 0.2) is 0 Å². The van der Waals surface area contributed by atoms with Crippen molar-refractivity contribution in [3.05, 3.63) is 0 Å². The van der Waals surface area contributed by atoms with Crippen LogP contribution < -0.4 is 12.4 Å². The van der Waals surface area contributed by atoms with E-state index in [0.717, 1.165) is 36.8 Å². The minimum Gasteiger partial charge on any atom is -1.00 e. The number of hydrogen-bond acceptors (Lipinski definition) is 2. The van der Waals surface area contributed by atoms with Crippen LogP contribution in [0.4, 0.5) is 0 Å². The Bertz CT molecular complexity index is 374. The number of hydrogen-bond donors (Lipinski definition) is 0. The van der Waals surface area contributed by atoms with Gasteiger partial charge in [0, 0.05) is 25.9 Å². The summed E-state index contributed by atoms with van der Waals surface area (Å²) in [6.45, 7) is 4.67. The first-order chi connectivity index (χ1) is 11.9. The van der Waals surface area contributed by atoms with Gasteiger partial charge < -0.3 is 21.8 Å². The number of unbranched alkanes of at least 4 members (excludes halogenated alkanes) is 8. The van der Waals surface area contributed by atoms with Crippen molar-refractivity contribution >= 4 is 5.91 Å². The Morgan fingerprint density at radius 1 is 0.885 bits per heavy atom. The summed E-state index contributed by atoms with van der Waals surface area (Å²) < 4.78 is 0.915. The first-order valence-electron chi connectivity index (χ1n) is 10.4. The minimum absolute atomic E-state index is 0. The van der Waals surface area contributed by atoms with Gasteiger partial charge in [-0.2, -0.15) is 5.26 Å². The van der Waals surface area contributed by atoms with Gasteiger partial charge in [-0.1, -0.05) is 58.3 Å². The number of nitrogens with zero attached hydrogens (tertiary/aromatic N) is 3. The van der Waals surface area contributed by atoms with E-state index in [0.29, 0.717) is 19.4 Å². The third kappa shape index (κ3) is 18.0. The second kappa shape index (κ2) is 17.6. The SMILES string of the molecule is CCCCCCCCCCCC(=O)N(CCC#N)CCC[N+](C)(C)C.[Cl-]. The molecule has 0 aliphatic carbocycles. The van der Waals surface area contributed by atoms with Crippen LogP contribution in [-0.2, 0) is 4.79 Å². The average molecular weight is 388 g/mol. The quantitative estimate of drug-likeness (QED) is 0.299. The van der Waals surface area contributed by atoms with E-state index in [1.807, 2.05) is 4.90 Å². The molecule has 0 bridgehead atoms. The van der Waals surface area contributed by atoms with Gasteiger partial charge in [-0.3, -0.25) is 4.79 Å². The lowest BCUT2D eigenvalue weighted by molar-refractivity contribution is -0.870. The Labute approximate surface area is 168 Å². The Balaban J connectivity index is 0. The highest BCUT2D eigenvalue weighted by Gasteiger charge is 2.14. The van der Waals surface area contributed by atoms with Crippen molar-refractivity contribution in [1.82, 2.24) is 4.90 Å². The van der Waals surface area contributed by atoms with Crippen molar-refractivity contribution < 1.29 is 21.7 Å². The predicted molar refractivity (Wildman–Crippen MR) is 106 cm³/mol. The van der Waals surface area contributed by atoms with E-state index in [9.17, 15) is 4.79 Å². The fraction of sp³-hybridized carbons (Fsp3) is 0.905. The van der Waals surface area contributed by atoms with E-state index in [4.69, 9.17) is 5.26 Å². The number of carbonyl (C=O) groups excluding carboxylic acids is 1. The molecular formula is C21H42ClN3O. The fourth-order valence-corrected chi connectivity index (χ4v) is 3.03. The van der Waals surface area contributed by atoms with E-state index in [2.05, 4.69) is 34.1 Å². The second-order valence-corrected chi connectivity index (χ2v) is 8.23. The molecule has 0 rings (SSSR count). The minimum atomic E-state index is 0. The summed E-state index contributed by atoms with van der Waals surface area (Å²) in [6, 6.07) is 2.17. The van der Waals surface area contributed by atoms with Crippen LogP contribution in [0.1, 0.15) is 84.0 Å². The third-order valence-corrected chi connectivity index (χ3v) is 4.60. The molecule has 5 heteroatoms. The lowest BCUT2D eigenvalue weighted by Crippen LogP contribution is -3.00. The van der Waals surface area contributed by atoms with E-state index in [1.165, 1.54) is 44.9 Å². The zero-order valence-corrected chi connectivity index (χ0v) is 18.5.